The number of esters is 4. The molecule has 24 heavy (non-hydrogen) atoms. The molecule has 1 aliphatic heterocycles. The van der Waals surface area contributed by atoms with Gasteiger partial charge in [-0.15, -0.1) is 0 Å². The number of hydrogen-bond acceptors (Lipinski definition) is 10. The molecule has 0 saturated carbocycles. The van der Waals surface area contributed by atoms with Crippen LogP contribution in [-0.4, -0.2) is 61.1 Å². The van der Waals surface area contributed by atoms with Gasteiger partial charge in [0.15, 0.2) is 12.2 Å². The average molecular weight is 347 g/mol. The standard InChI is InChI=1S/C14H21NO9/c1-6(16)20-5-10-12(21-7(2)17)11(15)13(22-8(3)18)14(24-10)23-9(4)19/h10-14H,5,15H2,1-4H3/t10?,11-,12-,13?,14-/m1/s1. The Kier molecular flexibility index (Phi) is 7.11. The Bertz CT molecular complexity index is 504. The quantitative estimate of drug-likeness (QED) is 0.487. The molecule has 1 heterocycles. The second-order valence-electron chi connectivity index (χ2n) is 5.18. The third kappa shape index (κ3) is 5.78. The van der Waals surface area contributed by atoms with Crippen molar-refractivity contribution in [1.29, 1.82) is 0 Å². The molecule has 2 unspecified atom stereocenters. The first-order valence-electron chi connectivity index (χ1n) is 7.18. The van der Waals surface area contributed by atoms with Gasteiger partial charge in [-0.25, -0.2) is 0 Å². The van der Waals surface area contributed by atoms with Crippen LogP contribution in [0.2, 0.25) is 0 Å². The van der Waals surface area contributed by atoms with E-state index in [-0.39, 0.29) is 6.61 Å². The van der Waals surface area contributed by atoms with Gasteiger partial charge in [0.2, 0.25) is 6.29 Å². The van der Waals surface area contributed by atoms with Gasteiger partial charge in [0.05, 0.1) is 6.04 Å². The molecule has 0 aromatic heterocycles. The maximum atomic E-state index is 11.3. The molecule has 0 bridgehead atoms. The van der Waals surface area contributed by atoms with E-state index in [1.54, 1.807) is 0 Å². The molecule has 0 spiro atoms. The van der Waals surface area contributed by atoms with Gasteiger partial charge in [-0.3, -0.25) is 19.2 Å². The smallest absolute Gasteiger partial charge is 0.305 e. The molecule has 0 aromatic rings. The van der Waals surface area contributed by atoms with Crippen molar-refractivity contribution < 1.29 is 42.9 Å². The zero-order valence-electron chi connectivity index (χ0n) is 13.8. The zero-order valence-corrected chi connectivity index (χ0v) is 13.8. The minimum Gasteiger partial charge on any atom is -0.463 e. The zero-order chi connectivity index (χ0) is 18.4. The lowest BCUT2D eigenvalue weighted by atomic mass is 9.96. The maximum Gasteiger partial charge on any atom is 0.305 e. The van der Waals surface area contributed by atoms with Crippen molar-refractivity contribution in [3.63, 3.8) is 0 Å². The lowest BCUT2D eigenvalue weighted by Crippen LogP contribution is -2.65. The van der Waals surface area contributed by atoms with E-state index >= 15 is 0 Å². The number of rotatable bonds is 5. The monoisotopic (exact) mass is 347 g/mol. The molecule has 10 heteroatoms. The van der Waals surface area contributed by atoms with Crippen LogP contribution in [0.3, 0.4) is 0 Å². The summed E-state index contributed by atoms with van der Waals surface area (Å²) in [6, 6.07) is -1.06. The first kappa shape index (κ1) is 19.8. The number of ether oxygens (including phenoxy) is 5. The second-order valence-corrected chi connectivity index (χ2v) is 5.18. The number of carbonyl (C=O) groups excluding carboxylic acids is 4. The van der Waals surface area contributed by atoms with Crippen molar-refractivity contribution in [2.45, 2.75) is 58.3 Å². The van der Waals surface area contributed by atoms with Crippen molar-refractivity contribution >= 4 is 23.9 Å². The first-order valence-corrected chi connectivity index (χ1v) is 7.18. The van der Waals surface area contributed by atoms with Gasteiger partial charge < -0.3 is 29.4 Å². The fraction of sp³-hybridized carbons (Fsp3) is 0.714. The summed E-state index contributed by atoms with van der Waals surface area (Å²) in [6.45, 7) is 4.34. The highest BCUT2D eigenvalue weighted by atomic mass is 16.7. The van der Waals surface area contributed by atoms with Crippen LogP contribution in [0.15, 0.2) is 0 Å². The van der Waals surface area contributed by atoms with Crippen LogP contribution in [-0.2, 0) is 42.9 Å². The molecule has 5 atom stereocenters. The highest BCUT2D eigenvalue weighted by Crippen LogP contribution is 2.26. The second kappa shape index (κ2) is 8.60. The molecule has 1 aliphatic rings. The molecule has 2 N–H and O–H groups in total. The Hall–Kier alpha value is -2.20. The van der Waals surface area contributed by atoms with E-state index in [9.17, 15) is 19.2 Å². The predicted octanol–water partition coefficient (Wildman–Crippen LogP) is -0.972. The lowest BCUT2D eigenvalue weighted by molar-refractivity contribution is -0.275. The molecule has 1 rings (SSSR count). The van der Waals surface area contributed by atoms with Crippen molar-refractivity contribution in [2.24, 2.45) is 5.73 Å². The van der Waals surface area contributed by atoms with Gasteiger partial charge in [-0.05, 0) is 0 Å². The Labute approximate surface area is 138 Å². The average Bonchev–Trinajstić information content (AvgIpc) is 2.42. The SMILES string of the molecule is CC(=O)OCC1O[C@@H](OC(C)=O)C(OC(C)=O)[C@H](N)[C@@H]1OC(C)=O. The summed E-state index contributed by atoms with van der Waals surface area (Å²) in [4.78, 5) is 44.8. The molecule has 10 nitrogen and oxygen atoms in total. The van der Waals surface area contributed by atoms with E-state index in [2.05, 4.69) is 0 Å². The fourth-order valence-electron chi connectivity index (χ4n) is 2.21. The number of carbonyl (C=O) groups is 4. The van der Waals surface area contributed by atoms with Crippen molar-refractivity contribution in [3.8, 4) is 0 Å². The molecule has 1 fully saturated rings. The summed E-state index contributed by atoms with van der Waals surface area (Å²) in [5.41, 5.74) is 6.02. The minimum absolute atomic E-state index is 0.286. The van der Waals surface area contributed by atoms with Crippen LogP contribution in [0.25, 0.3) is 0 Å². The van der Waals surface area contributed by atoms with E-state index in [1.165, 1.54) is 6.92 Å². The van der Waals surface area contributed by atoms with Gasteiger partial charge >= 0.3 is 23.9 Å². The van der Waals surface area contributed by atoms with E-state index in [0.717, 1.165) is 20.8 Å². The third-order valence-electron chi connectivity index (χ3n) is 3.04. The van der Waals surface area contributed by atoms with Crippen LogP contribution in [0.4, 0.5) is 0 Å². The Morgan fingerprint density at radius 1 is 0.833 bits per heavy atom. The molecule has 136 valence electrons. The van der Waals surface area contributed by atoms with E-state index in [0.29, 0.717) is 0 Å². The van der Waals surface area contributed by atoms with Gasteiger partial charge in [-0.2, -0.15) is 0 Å². The highest BCUT2D eigenvalue weighted by Gasteiger charge is 2.49. The fourth-order valence-corrected chi connectivity index (χ4v) is 2.21. The van der Waals surface area contributed by atoms with Crippen LogP contribution in [0, 0.1) is 0 Å². The van der Waals surface area contributed by atoms with Crippen LogP contribution in [0.1, 0.15) is 27.7 Å². The normalized spacial score (nSPS) is 29.3. The number of hydrogen-bond donors (Lipinski definition) is 1. The molecule has 0 radical (unpaired) electrons. The highest BCUT2D eigenvalue weighted by molar-refractivity contribution is 5.68. The van der Waals surface area contributed by atoms with Gasteiger partial charge in [0.1, 0.15) is 12.7 Å². The number of nitrogens with two attached hydrogens (primary N) is 1. The van der Waals surface area contributed by atoms with Gasteiger partial charge in [0, 0.05) is 27.7 Å². The maximum absolute atomic E-state index is 11.3. The van der Waals surface area contributed by atoms with E-state index < -0.39 is 54.5 Å². The molecular formula is C14H21NO9. The van der Waals surface area contributed by atoms with Crippen molar-refractivity contribution in [1.82, 2.24) is 0 Å². The van der Waals surface area contributed by atoms with Gasteiger partial charge in [0.25, 0.3) is 0 Å². The van der Waals surface area contributed by atoms with Crippen molar-refractivity contribution in [3.05, 3.63) is 0 Å². The van der Waals surface area contributed by atoms with E-state index in [1.807, 2.05) is 0 Å². The largest absolute Gasteiger partial charge is 0.463 e. The summed E-state index contributed by atoms with van der Waals surface area (Å²) >= 11 is 0. The Morgan fingerprint density at radius 2 is 1.33 bits per heavy atom. The summed E-state index contributed by atoms with van der Waals surface area (Å²) in [5, 5.41) is 0. The van der Waals surface area contributed by atoms with Crippen molar-refractivity contribution in [2.75, 3.05) is 6.61 Å². The summed E-state index contributed by atoms with van der Waals surface area (Å²) in [5.74, 6) is -2.61. The van der Waals surface area contributed by atoms with E-state index in [4.69, 9.17) is 29.4 Å². The molecule has 0 aliphatic carbocycles. The Balaban J connectivity index is 3.04. The molecular weight excluding hydrogens is 326 g/mol. The van der Waals surface area contributed by atoms with Crippen LogP contribution < -0.4 is 5.73 Å². The molecule has 0 amide bonds. The summed E-state index contributed by atoms with van der Waals surface area (Å²) < 4.78 is 25.4. The predicted molar refractivity (Wildman–Crippen MR) is 76.1 cm³/mol. The van der Waals surface area contributed by atoms with Gasteiger partial charge in [-0.1, -0.05) is 0 Å². The first-order chi connectivity index (χ1) is 11.1. The third-order valence-corrected chi connectivity index (χ3v) is 3.04. The Morgan fingerprint density at radius 3 is 1.79 bits per heavy atom. The molecule has 0 aromatic carbocycles. The molecule has 1 saturated heterocycles. The van der Waals surface area contributed by atoms with Crippen LogP contribution >= 0.6 is 0 Å². The summed E-state index contributed by atoms with van der Waals surface area (Å²) in [7, 11) is 0. The summed E-state index contributed by atoms with van der Waals surface area (Å²) in [6.07, 6.45) is -4.58. The topological polar surface area (TPSA) is 140 Å². The van der Waals surface area contributed by atoms with Crippen LogP contribution in [0.5, 0.6) is 0 Å². The lowest BCUT2D eigenvalue weighted by Gasteiger charge is -2.42. The minimum atomic E-state index is -1.33.